The summed E-state index contributed by atoms with van der Waals surface area (Å²) in [6.07, 6.45) is 2.54. The van der Waals surface area contributed by atoms with Crippen molar-refractivity contribution in [1.29, 1.82) is 0 Å². The van der Waals surface area contributed by atoms with E-state index in [1.54, 1.807) is 24.9 Å². The summed E-state index contributed by atoms with van der Waals surface area (Å²) in [7, 11) is 1.61. The monoisotopic (exact) mass is 261 g/mol. The van der Waals surface area contributed by atoms with Crippen LogP contribution >= 0.6 is 0 Å². The van der Waals surface area contributed by atoms with Crippen molar-refractivity contribution < 1.29 is 9.84 Å². The van der Waals surface area contributed by atoms with Crippen molar-refractivity contribution in [3.05, 3.63) is 41.7 Å². The first kappa shape index (κ1) is 13.5. The molecule has 0 saturated carbocycles. The Morgan fingerprint density at radius 3 is 2.89 bits per heavy atom. The number of hydrogen-bond acceptors (Lipinski definition) is 4. The lowest BCUT2D eigenvalue weighted by atomic mass is 9.92. The van der Waals surface area contributed by atoms with Crippen LogP contribution in [-0.4, -0.2) is 27.2 Å². The number of rotatable bonds is 5. The molecule has 5 heteroatoms. The molecule has 102 valence electrons. The van der Waals surface area contributed by atoms with Gasteiger partial charge in [-0.3, -0.25) is 0 Å². The first-order valence-corrected chi connectivity index (χ1v) is 6.35. The maximum Gasteiger partial charge on any atom is 0.130 e. The molecular weight excluding hydrogens is 242 g/mol. The third-order valence-electron chi connectivity index (χ3n) is 3.18. The van der Waals surface area contributed by atoms with Crippen LogP contribution in [0.1, 0.15) is 31.5 Å². The van der Waals surface area contributed by atoms with Gasteiger partial charge >= 0.3 is 0 Å². The number of ether oxygens (including phenoxy) is 1. The fourth-order valence-electron chi connectivity index (χ4n) is 2.09. The second-order valence-electron chi connectivity index (χ2n) is 4.65. The minimum Gasteiger partial charge on any atom is -0.497 e. The standard InChI is InChI=1S/C14H19N3O2/c1-4-8-17-13(10-15-16-17)14(2,18)11-6-5-7-12(9-11)19-3/h5-7,9-10,18H,4,8H2,1-3H3. The fourth-order valence-corrected chi connectivity index (χ4v) is 2.09. The maximum absolute atomic E-state index is 10.8. The number of benzene rings is 1. The summed E-state index contributed by atoms with van der Waals surface area (Å²) >= 11 is 0. The molecule has 0 saturated heterocycles. The average Bonchev–Trinajstić information content (AvgIpc) is 2.88. The van der Waals surface area contributed by atoms with Gasteiger partial charge in [0, 0.05) is 6.54 Å². The van der Waals surface area contributed by atoms with Crippen LogP contribution in [0.15, 0.2) is 30.5 Å². The molecular formula is C14H19N3O2. The highest BCUT2D eigenvalue weighted by molar-refractivity contribution is 5.36. The largest absolute Gasteiger partial charge is 0.497 e. The van der Waals surface area contributed by atoms with E-state index < -0.39 is 5.60 Å². The molecule has 0 aliphatic rings. The van der Waals surface area contributed by atoms with Gasteiger partial charge in [-0.2, -0.15) is 0 Å². The molecule has 1 atom stereocenters. The highest BCUT2D eigenvalue weighted by Gasteiger charge is 2.30. The van der Waals surface area contributed by atoms with Crippen molar-refractivity contribution in [3.63, 3.8) is 0 Å². The van der Waals surface area contributed by atoms with Crippen LogP contribution < -0.4 is 4.74 Å². The molecule has 0 amide bonds. The number of aromatic nitrogens is 3. The quantitative estimate of drug-likeness (QED) is 0.893. The molecule has 0 radical (unpaired) electrons. The molecule has 0 aliphatic heterocycles. The molecule has 5 nitrogen and oxygen atoms in total. The van der Waals surface area contributed by atoms with Crippen molar-refractivity contribution in [2.24, 2.45) is 0 Å². The number of nitrogens with zero attached hydrogens (tertiary/aromatic N) is 3. The van der Waals surface area contributed by atoms with Crippen molar-refractivity contribution in [2.45, 2.75) is 32.4 Å². The normalized spacial score (nSPS) is 14.1. The molecule has 1 N–H and O–H groups in total. The maximum atomic E-state index is 10.8. The summed E-state index contributed by atoms with van der Waals surface area (Å²) in [5, 5.41) is 18.7. The van der Waals surface area contributed by atoms with Crippen molar-refractivity contribution >= 4 is 0 Å². The molecule has 0 bridgehead atoms. The lowest BCUT2D eigenvalue weighted by Crippen LogP contribution is -2.27. The molecule has 1 aromatic heterocycles. The smallest absolute Gasteiger partial charge is 0.130 e. The van der Waals surface area contributed by atoms with Crippen LogP contribution in [0.25, 0.3) is 0 Å². The van der Waals surface area contributed by atoms with Gasteiger partial charge in [-0.1, -0.05) is 24.3 Å². The summed E-state index contributed by atoms with van der Waals surface area (Å²) in [6, 6.07) is 7.40. The van der Waals surface area contributed by atoms with Gasteiger partial charge in [0.15, 0.2) is 0 Å². The van der Waals surface area contributed by atoms with E-state index in [0.717, 1.165) is 18.5 Å². The molecule has 1 unspecified atom stereocenters. The van der Waals surface area contributed by atoms with E-state index in [4.69, 9.17) is 4.74 Å². The SMILES string of the molecule is CCCn1nncc1C(C)(O)c1cccc(OC)c1. The van der Waals surface area contributed by atoms with E-state index in [-0.39, 0.29) is 0 Å². The number of hydrogen-bond donors (Lipinski definition) is 1. The number of aryl methyl sites for hydroxylation is 1. The van der Waals surface area contributed by atoms with Crippen LogP contribution in [-0.2, 0) is 12.1 Å². The van der Waals surface area contributed by atoms with E-state index in [1.165, 1.54) is 0 Å². The van der Waals surface area contributed by atoms with Gasteiger partial charge < -0.3 is 9.84 Å². The summed E-state index contributed by atoms with van der Waals surface area (Å²) in [5.74, 6) is 0.715. The predicted molar refractivity (Wildman–Crippen MR) is 72.0 cm³/mol. The van der Waals surface area contributed by atoms with Crippen molar-refractivity contribution in [3.8, 4) is 5.75 Å². The Bertz CT molecular complexity index is 549. The van der Waals surface area contributed by atoms with E-state index in [1.807, 2.05) is 24.3 Å². The molecule has 2 rings (SSSR count). The van der Waals surface area contributed by atoms with Gasteiger partial charge in [0.1, 0.15) is 11.4 Å². The second-order valence-corrected chi connectivity index (χ2v) is 4.65. The van der Waals surface area contributed by atoms with E-state index in [2.05, 4.69) is 17.2 Å². The Morgan fingerprint density at radius 1 is 1.42 bits per heavy atom. The summed E-state index contributed by atoms with van der Waals surface area (Å²) < 4.78 is 6.93. The third-order valence-corrected chi connectivity index (χ3v) is 3.18. The Hall–Kier alpha value is -1.88. The third kappa shape index (κ3) is 2.61. The second kappa shape index (κ2) is 5.40. The zero-order chi connectivity index (χ0) is 13.9. The molecule has 1 aromatic carbocycles. The lowest BCUT2D eigenvalue weighted by Gasteiger charge is -2.24. The highest BCUT2D eigenvalue weighted by Crippen LogP contribution is 2.30. The molecule has 1 heterocycles. The first-order valence-electron chi connectivity index (χ1n) is 6.35. The van der Waals surface area contributed by atoms with Gasteiger partial charge in [-0.05, 0) is 31.0 Å². The van der Waals surface area contributed by atoms with Crippen molar-refractivity contribution in [2.75, 3.05) is 7.11 Å². The molecule has 0 fully saturated rings. The molecule has 0 spiro atoms. The summed E-state index contributed by atoms with van der Waals surface area (Å²) in [4.78, 5) is 0. The van der Waals surface area contributed by atoms with E-state index in [9.17, 15) is 5.11 Å². The predicted octanol–water partition coefficient (Wildman–Crippen LogP) is 1.95. The van der Waals surface area contributed by atoms with Crippen molar-refractivity contribution in [1.82, 2.24) is 15.0 Å². The first-order chi connectivity index (χ1) is 9.09. The zero-order valence-corrected chi connectivity index (χ0v) is 11.5. The van der Waals surface area contributed by atoms with E-state index >= 15 is 0 Å². The molecule has 2 aromatic rings. The number of methoxy groups -OCH3 is 1. The van der Waals surface area contributed by atoms with Crippen LogP contribution in [0.2, 0.25) is 0 Å². The minimum atomic E-state index is -1.15. The topological polar surface area (TPSA) is 60.2 Å². The molecule has 19 heavy (non-hydrogen) atoms. The van der Waals surface area contributed by atoms with Gasteiger partial charge in [0.05, 0.1) is 19.0 Å². The summed E-state index contributed by atoms with van der Waals surface area (Å²) in [6.45, 7) is 4.54. The number of aliphatic hydroxyl groups is 1. The van der Waals surface area contributed by atoms with Gasteiger partial charge in [-0.15, -0.1) is 5.10 Å². The van der Waals surface area contributed by atoms with Crippen LogP contribution in [0.3, 0.4) is 0 Å². The van der Waals surface area contributed by atoms with Crippen LogP contribution in [0, 0.1) is 0 Å². The molecule has 0 aliphatic carbocycles. The Morgan fingerprint density at radius 2 is 2.21 bits per heavy atom. The van der Waals surface area contributed by atoms with Gasteiger partial charge in [-0.25, -0.2) is 4.68 Å². The minimum absolute atomic E-state index is 0.683. The van der Waals surface area contributed by atoms with Gasteiger partial charge in [0.25, 0.3) is 0 Å². The average molecular weight is 261 g/mol. The van der Waals surface area contributed by atoms with Gasteiger partial charge in [0.2, 0.25) is 0 Å². The highest BCUT2D eigenvalue weighted by atomic mass is 16.5. The Balaban J connectivity index is 2.42. The Labute approximate surface area is 112 Å². The van der Waals surface area contributed by atoms with E-state index in [0.29, 0.717) is 11.4 Å². The zero-order valence-electron chi connectivity index (χ0n) is 11.5. The van der Waals surface area contributed by atoms with Crippen LogP contribution in [0.4, 0.5) is 0 Å². The van der Waals surface area contributed by atoms with Crippen LogP contribution in [0.5, 0.6) is 5.75 Å². The lowest BCUT2D eigenvalue weighted by molar-refractivity contribution is 0.0911. The fraction of sp³-hybridized carbons (Fsp3) is 0.429. The Kier molecular flexibility index (Phi) is 3.85. The summed E-state index contributed by atoms with van der Waals surface area (Å²) in [5.41, 5.74) is 0.293.